The molecule has 14 heteroatoms. The number of hydrogen-bond acceptors (Lipinski definition) is 5. The first kappa shape index (κ1) is 29.0. The van der Waals surface area contributed by atoms with Gasteiger partial charge in [0, 0.05) is 0 Å². The highest BCUT2D eigenvalue weighted by Crippen LogP contribution is 2.36. The number of alkyl halides is 6. The van der Waals surface area contributed by atoms with Gasteiger partial charge in [-0.2, -0.15) is 36.5 Å². The van der Waals surface area contributed by atoms with E-state index in [9.17, 15) is 35.9 Å². The number of hydrogen-bond donors (Lipinski definition) is 1. The van der Waals surface area contributed by atoms with Crippen LogP contribution >= 0.6 is 0 Å². The lowest BCUT2D eigenvalue weighted by molar-refractivity contribution is -0.147. The van der Waals surface area contributed by atoms with Gasteiger partial charge in [-0.1, -0.05) is 0 Å². The van der Waals surface area contributed by atoms with E-state index in [1.807, 2.05) is 0 Å². The summed E-state index contributed by atoms with van der Waals surface area (Å²) in [7, 11) is 0. The van der Waals surface area contributed by atoms with Crippen molar-refractivity contribution in [1.29, 1.82) is 0 Å². The standard InChI is InChI=1S/C11H15F3N2O2.C9H11F3N2O2/c1-5-18-9(17)7-6-15-16(10(2,3)4)8(7)11(12,13)14;1-8(2,3)14-6(9(10,11)12)5(4-13-14)7(15)16/h6H,5H2,1-4H3;4H,1-3H3,(H,15,16). The molecule has 8 nitrogen and oxygen atoms in total. The molecule has 0 aliphatic rings. The van der Waals surface area contributed by atoms with Gasteiger partial charge in [0.1, 0.15) is 11.1 Å². The SMILES string of the molecule is CC(C)(C)n1ncc(C(=O)O)c1C(F)(F)F.CCOC(=O)c1cnn(C(C)(C)C)c1C(F)(F)F. The fourth-order valence-corrected chi connectivity index (χ4v) is 2.77. The molecule has 192 valence electrons. The van der Waals surface area contributed by atoms with Crippen LogP contribution in [0.25, 0.3) is 0 Å². The fourth-order valence-electron chi connectivity index (χ4n) is 2.77. The molecule has 0 aliphatic carbocycles. The van der Waals surface area contributed by atoms with Crippen LogP contribution in [0.2, 0.25) is 0 Å². The molecule has 0 atom stereocenters. The van der Waals surface area contributed by atoms with Crippen LogP contribution in [0.15, 0.2) is 12.4 Å². The predicted molar refractivity (Wildman–Crippen MR) is 107 cm³/mol. The van der Waals surface area contributed by atoms with E-state index in [-0.39, 0.29) is 6.61 Å². The van der Waals surface area contributed by atoms with Crippen LogP contribution in [0.5, 0.6) is 0 Å². The summed E-state index contributed by atoms with van der Waals surface area (Å²) in [5.41, 5.74) is -5.50. The van der Waals surface area contributed by atoms with Gasteiger partial charge in [-0.3, -0.25) is 9.36 Å². The summed E-state index contributed by atoms with van der Waals surface area (Å²) in [5, 5.41) is 15.8. The molecule has 0 bridgehead atoms. The average Bonchev–Trinajstić information content (AvgIpc) is 3.26. The van der Waals surface area contributed by atoms with E-state index in [0.29, 0.717) is 4.68 Å². The van der Waals surface area contributed by atoms with E-state index < -0.39 is 57.9 Å². The van der Waals surface area contributed by atoms with Crippen molar-refractivity contribution in [3.05, 3.63) is 34.9 Å². The third-order valence-electron chi connectivity index (χ3n) is 4.07. The molecule has 0 unspecified atom stereocenters. The number of aromatic carboxylic acids is 1. The Kier molecular flexibility index (Phi) is 8.23. The van der Waals surface area contributed by atoms with Crippen LogP contribution in [-0.2, 0) is 28.2 Å². The van der Waals surface area contributed by atoms with Crippen molar-refractivity contribution < 1.29 is 45.8 Å². The highest BCUT2D eigenvalue weighted by atomic mass is 19.4. The summed E-state index contributed by atoms with van der Waals surface area (Å²) < 4.78 is 83.2. The Labute approximate surface area is 191 Å². The lowest BCUT2D eigenvalue weighted by atomic mass is 10.1. The molecule has 0 amide bonds. The normalized spacial score (nSPS) is 12.7. The van der Waals surface area contributed by atoms with Crippen LogP contribution in [0.4, 0.5) is 26.3 Å². The fraction of sp³-hybridized carbons (Fsp3) is 0.600. The van der Waals surface area contributed by atoms with Crippen molar-refractivity contribution in [1.82, 2.24) is 19.6 Å². The monoisotopic (exact) mass is 500 g/mol. The van der Waals surface area contributed by atoms with Crippen LogP contribution in [-0.4, -0.2) is 43.2 Å². The topological polar surface area (TPSA) is 99.2 Å². The number of carboxylic acid groups (broad SMARTS) is 1. The van der Waals surface area contributed by atoms with Crippen molar-refractivity contribution >= 4 is 11.9 Å². The number of halogens is 6. The number of aromatic nitrogens is 4. The number of esters is 1. The van der Waals surface area contributed by atoms with Gasteiger partial charge in [0.2, 0.25) is 0 Å². The molecule has 0 saturated carbocycles. The van der Waals surface area contributed by atoms with Gasteiger partial charge in [0.25, 0.3) is 0 Å². The molecule has 2 rings (SSSR count). The number of carboxylic acids is 1. The van der Waals surface area contributed by atoms with Crippen molar-refractivity contribution in [2.24, 2.45) is 0 Å². The number of ether oxygens (including phenoxy) is 1. The van der Waals surface area contributed by atoms with E-state index in [4.69, 9.17) is 5.11 Å². The highest BCUT2D eigenvalue weighted by Gasteiger charge is 2.43. The third-order valence-corrected chi connectivity index (χ3v) is 4.07. The van der Waals surface area contributed by atoms with E-state index in [0.717, 1.165) is 17.1 Å². The first-order valence-corrected chi connectivity index (χ1v) is 9.85. The van der Waals surface area contributed by atoms with Gasteiger partial charge in [-0.15, -0.1) is 0 Å². The van der Waals surface area contributed by atoms with Crippen molar-refractivity contribution in [3.63, 3.8) is 0 Å². The Bertz CT molecular complexity index is 1020. The molecule has 0 spiro atoms. The molecule has 0 radical (unpaired) electrons. The molecular weight excluding hydrogens is 474 g/mol. The maximum Gasteiger partial charge on any atom is 0.433 e. The Morgan fingerprint density at radius 2 is 1.18 bits per heavy atom. The molecule has 34 heavy (non-hydrogen) atoms. The maximum absolute atomic E-state index is 13.0. The smallest absolute Gasteiger partial charge is 0.433 e. The van der Waals surface area contributed by atoms with Gasteiger partial charge >= 0.3 is 24.3 Å². The second kappa shape index (κ2) is 9.66. The molecule has 1 N–H and O–H groups in total. The second-order valence-electron chi connectivity index (χ2n) is 9.00. The van der Waals surface area contributed by atoms with Gasteiger partial charge in [0.15, 0.2) is 11.4 Å². The van der Waals surface area contributed by atoms with Crippen molar-refractivity contribution in [2.75, 3.05) is 6.61 Å². The number of rotatable bonds is 3. The molecule has 0 saturated heterocycles. The van der Waals surface area contributed by atoms with Gasteiger partial charge < -0.3 is 9.84 Å². The third kappa shape index (κ3) is 6.73. The largest absolute Gasteiger partial charge is 0.478 e. The zero-order valence-electron chi connectivity index (χ0n) is 19.6. The average molecular weight is 500 g/mol. The number of nitrogens with zero attached hydrogens (tertiary/aromatic N) is 4. The predicted octanol–water partition coefficient (Wildman–Crippen LogP) is 5.19. The van der Waals surface area contributed by atoms with Crippen LogP contribution in [0, 0.1) is 0 Å². The van der Waals surface area contributed by atoms with Crippen LogP contribution < -0.4 is 0 Å². The summed E-state index contributed by atoms with van der Waals surface area (Å²) in [5.74, 6) is -2.65. The zero-order valence-corrected chi connectivity index (χ0v) is 19.6. The molecular formula is C20H26F6N4O4. The highest BCUT2D eigenvalue weighted by molar-refractivity contribution is 5.90. The summed E-state index contributed by atoms with van der Waals surface area (Å²) in [4.78, 5) is 22.1. The lowest BCUT2D eigenvalue weighted by Gasteiger charge is -2.23. The number of carbonyl (C=O) groups excluding carboxylic acids is 1. The Morgan fingerprint density at radius 1 is 0.824 bits per heavy atom. The van der Waals surface area contributed by atoms with Gasteiger partial charge in [-0.25, -0.2) is 9.59 Å². The first-order valence-electron chi connectivity index (χ1n) is 9.85. The molecule has 0 aromatic carbocycles. The summed E-state index contributed by atoms with van der Waals surface area (Å²) in [6, 6.07) is 0. The summed E-state index contributed by atoms with van der Waals surface area (Å²) in [6.07, 6.45) is -7.79. The lowest BCUT2D eigenvalue weighted by Crippen LogP contribution is -2.30. The Hall–Kier alpha value is -3.06. The Morgan fingerprint density at radius 3 is 1.47 bits per heavy atom. The quantitative estimate of drug-likeness (QED) is 0.460. The van der Waals surface area contributed by atoms with E-state index in [2.05, 4.69) is 14.9 Å². The van der Waals surface area contributed by atoms with Crippen LogP contribution in [0.1, 0.15) is 80.6 Å². The van der Waals surface area contributed by atoms with Crippen molar-refractivity contribution in [3.8, 4) is 0 Å². The molecule has 0 fully saturated rings. The molecule has 2 heterocycles. The maximum atomic E-state index is 13.0. The van der Waals surface area contributed by atoms with Gasteiger partial charge in [-0.05, 0) is 48.5 Å². The molecule has 2 aromatic rings. The second-order valence-corrected chi connectivity index (χ2v) is 9.00. The van der Waals surface area contributed by atoms with Gasteiger partial charge in [0.05, 0.1) is 30.1 Å². The van der Waals surface area contributed by atoms with E-state index >= 15 is 0 Å². The first-order chi connectivity index (χ1) is 15.1. The molecule has 0 aliphatic heterocycles. The minimum atomic E-state index is -4.74. The van der Waals surface area contributed by atoms with Crippen LogP contribution in [0.3, 0.4) is 0 Å². The summed E-state index contributed by atoms with van der Waals surface area (Å²) in [6.45, 7) is 10.8. The summed E-state index contributed by atoms with van der Waals surface area (Å²) >= 11 is 0. The zero-order chi connectivity index (χ0) is 26.9. The number of carbonyl (C=O) groups is 2. The molecule has 2 aromatic heterocycles. The van der Waals surface area contributed by atoms with Crippen molar-refractivity contribution in [2.45, 2.75) is 71.9 Å². The van der Waals surface area contributed by atoms with E-state index in [1.54, 1.807) is 20.8 Å². The minimum Gasteiger partial charge on any atom is -0.478 e. The van der Waals surface area contributed by atoms with E-state index in [1.165, 1.54) is 27.7 Å². The minimum absolute atomic E-state index is 0.0107. The Balaban J connectivity index is 0.000000342.